The van der Waals surface area contributed by atoms with E-state index in [0.717, 1.165) is 9.26 Å². The first-order chi connectivity index (χ1) is 7.75. The molecule has 0 unspecified atom stereocenters. The number of H-pyrrole nitrogens is 1. The lowest BCUT2D eigenvalue weighted by Crippen LogP contribution is -2.04. The number of hydrogen-bond acceptors (Lipinski definition) is 5. The van der Waals surface area contributed by atoms with Gasteiger partial charge in [-0.15, -0.1) is 0 Å². The van der Waals surface area contributed by atoms with Crippen LogP contribution in [0.2, 0.25) is 0 Å². The second-order valence-corrected chi connectivity index (χ2v) is 4.84. The van der Waals surface area contributed by atoms with E-state index >= 15 is 0 Å². The molecule has 1 saturated carbocycles. The molecule has 16 heavy (non-hydrogen) atoms. The molecule has 6 nitrogen and oxygen atoms in total. The Balaban J connectivity index is 2.13. The predicted molar refractivity (Wildman–Crippen MR) is 66.5 cm³/mol. The Hall–Kier alpha value is -1.25. The highest BCUT2D eigenvalue weighted by Crippen LogP contribution is 2.42. The van der Waals surface area contributed by atoms with Crippen LogP contribution in [0.4, 0.5) is 5.82 Å². The molecule has 82 valence electrons. The molecule has 0 bridgehead atoms. The van der Waals surface area contributed by atoms with Gasteiger partial charge in [-0.25, -0.2) is 9.97 Å². The Morgan fingerprint density at radius 2 is 2.19 bits per heavy atom. The van der Waals surface area contributed by atoms with Crippen LogP contribution in [-0.4, -0.2) is 25.4 Å². The quantitative estimate of drug-likeness (QED) is 0.811. The largest absolute Gasteiger partial charge is 0.383 e. The lowest BCUT2D eigenvalue weighted by Gasteiger charge is -2.06. The average molecular weight is 328 g/mol. The van der Waals surface area contributed by atoms with Gasteiger partial charge in [0.15, 0.2) is 5.82 Å². The molecule has 2 heterocycles. The lowest BCUT2D eigenvalue weighted by molar-refractivity contribution is 0.931. The van der Waals surface area contributed by atoms with Crippen LogP contribution in [0, 0.1) is 3.57 Å². The predicted octanol–water partition coefficient (Wildman–Crippen LogP) is 1.33. The van der Waals surface area contributed by atoms with Crippen molar-refractivity contribution in [3.05, 3.63) is 15.5 Å². The zero-order chi connectivity index (χ0) is 11.1. The number of aromatic amines is 1. The van der Waals surface area contributed by atoms with Crippen molar-refractivity contribution in [2.24, 2.45) is 0 Å². The Morgan fingerprint density at radius 1 is 1.38 bits per heavy atom. The summed E-state index contributed by atoms with van der Waals surface area (Å²) in [6, 6.07) is 0. The van der Waals surface area contributed by atoms with Crippen molar-refractivity contribution < 1.29 is 0 Å². The molecule has 0 aliphatic heterocycles. The van der Waals surface area contributed by atoms with E-state index < -0.39 is 0 Å². The normalized spacial score (nSPS) is 15.3. The summed E-state index contributed by atoms with van der Waals surface area (Å²) in [5, 5.41) is 10.2. The zero-order valence-electron chi connectivity index (χ0n) is 8.31. The second kappa shape index (κ2) is 3.65. The molecular formula is C9H9IN6. The van der Waals surface area contributed by atoms with E-state index in [1.165, 1.54) is 12.8 Å². The number of nitrogen functional groups attached to an aromatic ring is 1. The van der Waals surface area contributed by atoms with Crippen molar-refractivity contribution >= 4 is 28.4 Å². The highest BCUT2D eigenvalue weighted by molar-refractivity contribution is 14.1. The zero-order valence-corrected chi connectivity index (χ0v) is 10.5. The summed E-state index contributed by atoms with van der Waals surface area (Å²) >= 11 is 2.20. The third-order valence-electron chi connectivity index (χ3n) is 2.51. The smallest absolute Gasteiger partial charge is 0.184 e. The standard InChI is InChI=1S/C9H9IN6/c10-6-7(4-1-2-4)13-9(14-8(6)11)5-3-12-16-15-5/h3-4H,1-2H2,(H2,11,13,14)(H,12,15,16). The molecule has 0 spiro atoms. The minimum Gasteiger partial charge on any atom is -0.383 e. The Bertz CT molecular complexity index is 519. The molecule has 0 saturated heterocycles. The van der Waals surface area contributed by atoms with E-state index in [9.17, 15) is 0 Å². The molecule has 3 rings (SSSR count). The molecule has 0 radical (unpaired) electrons. The number of nitrogens with one attached hydrogen (secondary N) is 1. The molecule has 0 amide bonds. The van der Waals surface area contributed by atoms with Crippen molar-refractivity contribution in [1.82, 2.24) is 25.4 Å². The number of halogens is 1. The summed E-state index contributed by atoms with van der Waals surface area (Å²) < 4.78 is 0.965. The van der Waals surface area contributed by atoms with Gasteiger partial charge in [0.25, 0.3) is 0 Å². The molecule has 0 atom stereocenters. The van der Waals surface area contributed by atoms with Crippen LogP contribution in [0.5, 0.6) is 0 Å². The van der Waals surface area contributed by atoms with E-state index in [4.69, 9.17) is 5.73 Å². The Morgan fingerprint density at radius 3 is 2.81 bits per heavy atom. The fourth-order valence-electron chi connectivity index (χ4n) is 1.53. The first-order valence-corrected chi connectivity index (χ1v) is 6.02. The van der Waals surface area contributed by atoms with E-state index in [0.29, 0.717) is 23.3 Å². The van der Waals surface area contributed by atoms with Crippen LogP contribution in [0.1, 0.15) is 24.5 Å². The van der Waals surface area contributed by atoms with E-state index in [-0.39, 0.29) is 0 Å². The summed E-state index contributed by atoms with van der Waals surface area (Å²) in [5.74, 6) is 1.62. The number of rotatable bonds is 2. The molecule has 1 aliphatic rings. The van der Waals surface area contributed by atoms with E-state index in [1.54, 1.807) is 6.20 Å². The fourth-order valence-corrected chi connectivity index (χ4v) is 2.22. The highest BCUT2D eigenvalue weighted by Gasteiger charge is 2.29. The van der Waals surface area contributed by atoms with Crippen LogP contribution in [0.15, 0.2) is 6.20 Å². The molecule has 0 aromatic carbocycles. The van der Waals surface area contributed by atoms with Crippen LogP contribution in [0.25, 0.3) is 11.5 Å². The fraction of sp³-hybridized carbons (Fsp3) is 0.333. The summed E-state index contributed by atoms with van der Waals surface area (Å²) in [6.07, 6.45) is 3.97. The minimum atomic E-state index is 0.524. The lowest BCUT2D eigenvalue weighted by atomic mass is 10.2. The van der Waals surface area contributed by atoms with Crippen LogP contribution < -0.4 is 5.73 Å². The van der Waals surface area contributed by atoms with Gasteiger partial charge in [0.05, 0.1) is 15.5 Å². The number of anilines is 1. The minimum absolute atomic E-state index is 0.524. The third-order valence-corrected chi connectivity index (χ3v) is 3.62. The van der Waals surface area contributed by atoms with Gasteiger partial charge in [-0.2, -0.15) is 15.4 Å². The first kappa shape index (κ1) is 9.94. The van der Waals surface area contributed by atoms with Crippen LogP contribution in [-0.2, 0) is 0 Å². The number of nitrogens with zero attached hydrogens (tertiary/aromatic N) is 4. The number of hydrogen-bond donors (Lipinski definition) is 2. The SMILES string of the molecule is Nc1nc(-c2cn[nH]n2)nc(C2CC2)c1I. The van der Waals surface area contributed by atoms with Crippen LogP contribution in [0.3, 0.4) is 0 Å². The number of nitrogens with two attached hydrogens (primary N) is 1. The van der Waals surface area contributed by atoms with E-state index in [2.05, 4.69) is 48.0 Å². The van der Waals surface area contributed by atoms with Gasteiger partial charge in [0.1, 0.15) is 11.5 Å². The van der Waals surface area contributed by atoms with Gasteiger partial charge in [-0.1, -0.05) is 0 Å². The number of aromatic nitrogens is 5. The maximum atomic E-state index is 5.88. The average Bonchev–Trinajstić information content (AvgIpc) is 2.96. The molecule has 3 N–H and O–H groups in total. The summed E-state index contributed by atoms with van der Waals surface area (Å²) in [7, 11) is 0. The van der Waals surface area contributed by atoms with Crippen molar-refractivity contribution in [3.63, 3.8) is 0 Å². The van der Waals surface area contributed by atoms with Crippen molar-refractivity contribution in [2.75, 3.05) is 5.73 Å². The molecule has 7 heteroatoms. The Labute approximate surface area is 105 Å². The second-order valence-electron chi connectivity index (χ2n) is 3.76. The van der Waals surface area contributed by atoms with Gasteiger partial charge in [0, 0.05) is 5.92 Å². The molecule has 2 aromatic rings. The van der Waals surface area contributed by atoms with E-state index in [1.807, 2.05) is 0 Å². The molecule has 1 fully saturated rings. The molecule has 1 aliphatic carbocycles. The van der Waals surface area contributed by atoms with Gasteiger partial charge >= 0.3 is 0 Å². The first-order valence-electron chi connectivity index (χ1n) is 4.94. The molecular weight excluding hydrogens is 319 g/mol. The highest BCUT2D eigenvalue weighted by atomic mass is 127. The summed E-state index contributed by atoms with van der Waals surface area (Å²) in [5.41, 5.74) is 7.55. The third kappa shape index (κ3) is 1.64. The van der Waals surface area contributed by atoms with Crippen molar-refractivity contribution in [1.29, 1.82) is 0 Å². The van der Waals surface area contributed by atoms with Crippen molar-refractivity contribution in [3.8, 4) is 11.5 Å². The monoisotopic (exact) mass is 328 g/mol. The summed E-state index contributed by atoms with van der Waals surface area (Å²) in [6.45, 7) is 0. The van der Waals surface area contributed by atoms with Gasteiger partial charge in [-0.05, 0) is 35.4 Å². The van der Waals surface area contributed by atoms with Gasteiger partial charge < -0.3 is 5.73 Å². The topological polar surface area (TPSA) is 93.4 Å². The van der Waals surface area contributed by atoms with Crippen LogP contribution >= 0.6 is 22.6 Å². The van der Waals surface area contributed by atoms with Gasteiger partial charge in [-0.3, -0.25) is 0 Å². The Kier molecular flexibility index (Phi) is 2.27. The van der Waals surface area contributed by atoms with Crippen molar-refractivity contribution in [2.45, 2.75) is 18.8 Å². The van der Waals surface area contributed by atoms with Gasteiger partial charge in [0.2, 0.25) is 0 Å². The summed E-state index contributed by atoms with van der Waals surface area (Å²) in [4.78, 5) is 8.74. The maximum Gasteiger partial charge on any atom is 0.184 e. The maximum absolute atomic E-state index is 5.88. The molecule has 2 aromatic heterocycles.